The quantitative estimate of drug-likeness (QED) is 0.714. The number of hydrogen-bond acceptors (Lipinski definition) is 2. The molecule has 0 atom stereocenters. The van der Waals surface area contributed by atoms with Gasteiger partial charge in [0.2, 0.25) is 0 Å². The minimum absolute atomic E-state index is 0.824. The van der Waals surface area contributed by atoms with Crippen LogP contribution in [-0.2, 0) is 6.42 Å². The molecule has 2 nitrogen and oxygen atoms in total. The second-order valence-corrected chi connectivity index (χ2v) is 2.35. The van der Waals surface area contributed by atoms with Crippen LogP contribution >= 0.6 is 12.6 Å². The van der Waals surface area contributed by atoms with Crippen LogP contribution in [0.1, 0.15) is 19.7 Å². The first kappa shape index (κ1) is 11.3. The van der Waals surface area contributed by atoms with Crippen LogP contribution in [-0.4, -0.2) is 15.3 Å². The Bertz CT molecular complexity index is 218. The van der Waals surface area contributed by atoms with Crippen LogP contribution in [0.4, 0.5) is 0 Å². The largest absolute Gasteiger partial charge is 0.311 e. The van der Waals surface area contributed by atoms with E-state index in [1.165, 1.54) is 0 Å². The summed E-state index contributed by atoms with van der Waals surface area (Å²) in [6, 6.07) is 0. The summed E-state index contributed by atoms with van der Waals surface area (Å²) >= 11 is 4.11. The summed E-state index contributed by atoms with van der Waals surface area (Å²) in [5.74, 6) is 1.84. The minimum Gasteiger partial charge on any atom is -0.311 e. The van der Waals surface area contributed by atoms with E-state index in [4.69, 9.17) is 0 Å². The molecule has 1 aromatic heterocycles. The summed E-state index contributed by atoms with van der Waals surface area (Å²) < 4.78 is 1.90. The molecule has 0 saturated heterocycles. The lowest BCUT2D eigenvalue weighted by atomic mass is 10.4. The van der Waals surface area contributed by atoms with Gasteiger partial charge in [0.25, 0.3) is 0 Å². The molecule has 3 heteroatoms. The Morgan fingerprint density at radius 1 is 1.67 bits per heavy atom. The molecule has 0 aliphatic carbocycles. The van der Waals surface area contributed by atoms with E-state index in [9.17, 15) is 0 Å². The highest BCUT2D eigenvalue weighted by Crippen LogP contribution is 1.98. The van der Waals surface area contributed by atoms with Gasteiger partial charge in [-0.3, -0.25) is 0 Å². The van der Waals surface area contributed by atoms with Crippen LogP contribution in [0.3, 0.4) is 0 Å². The van der Waals surface area contributed by atoms with Crippen LogP contribution in [0.25, 0.3) is 6.20 Å². The van der Waals surface area contributed by atoms with Gasteiger partial charge in [0.15, 0.2) is 0 Å². The summed E-state index contributed by atoms with van der Waals surface area (Å²) in [7, 11) is 0. The van der Waals surface area contributed by atoms with Crippen molar-refractivity contribution in [3.05, 3.63) is 24.8 Å². The number of nitrogens with zero attached hydrogens (tertiary/aromatic N) is 2. The van der Waals surface area contributed by atoms with E-state index in [2.05, 4.69) is 24.2 Å². The summed E-state index contributed by atoms with van der Waals surface area (Å²) in [6.45, 7) is 7.64. The van der Waals surface area contributed by atoms with Gasteiger partial charge in [0.1, 0.15) is 5.82 Å². The lowest BCUT2D eigenvalue weighted by molar-refractivity contribution is 0.933. The lowest BCUT2D eigenvalue weighted by Gasteiger charge is -1.97. The SMILES string of the molecule is C=Cn1ccnc1CCS.CC. The average molecular weight is 184 g/mol. The van der Waals surface area contributed by atoms with Gasteiger partial charge in [-0.2, -0.15) is 12.6 Å². The molecular weight excluding hydrogens is 168 g/mol. The number of thiol groups is 1. The Morgan fingerprint density at radius 3 is 2.83 bits per heavy atom. The Kier molecular flexibility index (Phi) is 6.57. The Hall–Kier alpha value is -0.700. The number of rotatable bonds is 3. The third-order valence-electron chi connectivity index (χ3n) is 1.28. The molecule has 1 aromatic rings. The van der Waals surface area contributed by atoms with Crippen molar-refractivity contribution in [1.82, 2.24) is 9.55 Å². The van der Waals surface area contributed by atoms with Crippen molar-refractivity contribution < 1.29 is 0 Å². The molecule has 1 heterocycles. The predicted molar refractivity (Wildman–Crippen MR) is 57.5 cm³/mol. The molecule has 0 saturated carbocycles. The summed E-state index contributed by atoms with van der Waals surface area (Å²) in [5, 5.41) is 0. The second-order valence-electron chi connectivity index (χ2n) is 1.91. The Labute approximate surface area is 79.7 Å². The number of hydrogen-bond donors (Lipinski definition) is 1. The van der Waals surface area contributed by atoms with E-state index in [1.807, 2.05) is 24.6 Å². The van der Waals surface area contributed by atoms with E-state index >= 15 is 0 Å². The average Bonchev–Trinajstić information content (AvgIpc) is 2.56. The van der Waals surface area contributed by atoms with Gasteiger partial charge in [-0.25, -0.2) is 4.98 Å². The van der Waals surface area contributed by atoms with E-state index in [0.717, 1.165) is 18.0 Å². The molecule has 0 spiro atoms. The molecular formula is C9H16N2S. The highest BCUT2D eigenvalue weighted by atomic mass is 32.1. The minimum atomic E-state index is 0.824. The summed E-state index contributed by atoms with van der Waals surface area (Å²) in [4.78, 5) is 4.12. The van der Waals surface area contributed by atoms with Crippen molar-refractivity contribution in [2.75, 3.05) is 5.75 Å². The van der Waals surface area contributed by atoms with E-state index < -0.39 is 0 Å². The highest BCUT2D eigenvalue weighted by Gasteiger charge is 1.95. The fourth-order valence-electron chi connectivity index (χ4n) is 0.804. The molecule has 0 N–H and O–H groups in total. The monoisotopic (exact) mass is 184 g/mol. The van der Waals surface area contributed by atoms with Gasteiger partial charge in [-0.05, 0) is 5.75 Å². The van der Waals surface area contributed by atoms with Crippen molar-refractivity contribution in [2.45, 2.75) is 20.3 Å². The van der Waals surface area contributed by atoms with Crippen molar-refractivity contribution in [1.29, 1.82) is 0 Å². The molecule has 0 amide bonds. The van der Waals surface area contributed by atoms with Gasteiger partial charge >= 0.3 is 0 Å². The Balaban J connectivity index is 0.000000561. The van der Waals surface area contributed by atoms with Crippen LogP contribution in [0.2, 0.25) is 0 Å². The zero-order chi connectivity index (χ0) is 9.40. The molecule has 0 radical (unpaired) electrons. The highest BCUT2D eigenvalue weighted by molar-refractivity contribution is 7.80. The molecule has 12 heavy (non-hydrogen) atoms. The maximum absolute atomic E-state index is 4.12. The second kappa shape index (κ2) is 6.98. The van der Waals surface area contributed by atoms with Gasteiger partial charge in [0, 0.05) is 25.0 Å². The van der Waals surface area contributed by atoms with Crippen molar-refractivity contribution in [3.8, 4) is 0 Å². The topological polar surface area (TPSA) is 17.8 Å². The first-order valence-electron chi connectivity index (χ1n) is 4.13. The Morgan fingerprint density at radius 2 is 2.33 bits per heavy atom. The smallest absolute Gasteiger partial charge is 0.113 e. The molecule has 1 rings (SSSR count). The zero-order valence-corrected chi connectivity index (χ0v) is 8.59. The number of imidazole rings is 1. The first-order valence-corrected chi connectivity index (χ1v) is 4.77. The van der Waals surface area contributed by atoms with Crippen LogP contribution in [0, 0.1) is 0 Å². The fraction of sp³-hybridized carbons (Fsp3) is 0.444. The van der Waals surface area contributed by atoms with Crippen molar-refractivity contribution >= 4 is 18.8 Å². The molecule has 0 aliphatic rings. The molecule has 0 fully saturated rings. The number of aromatic nitrogens is 2. The van der Waals surface area contributed by atoms with Gasteiger partial charge in [-0.15, -0.1) is 0 Å². The molecule has 68 valence electrons. The maximum atomic E-state index is 4.12. The van der Waals surface area contributed by atoms with Crippen molar-refractivity contribution in [2.24, 2.45) is 0 Å². The van der Waals surface area contributed by atoms with E-state index in [0.29, 0.717) is 0 Å². The molecule has 0 bridgehead atoms. The van der Waals surface area contributed by atoms with Crippen LogP contribution < -0.4 is 0 Å². The molecule has 0 aliphatic heterocycles. The standard InChI is InChI=1S/C7H10N2S.C2H6/c1-2-9-5-4-8-7(9)3-6-10;1-2/h2,4-5,10H,1,3,6H2;1-2H3. The molecule has 0 unspecified atom stereocenters. The zero-order valence-electron chi connectivity index (χ0n) is 7.70. The fourth-order valence-corrected chi connectivity index (χ4v) is 1.00. The third kappa shape index (κ3) is 3.13. The van der Waals surface area contributed by atoms with E-state index in [-0.39, 0.29) is 0 Å². The lowest BCUT2D eigenvalue weighted by Crippen LogP contribution is -1.95. The third-order valence-corrected chi connectivity index (χ3v) is 1.50. The van der Waals surface area contributed by atoms with Gasteiger partial charge in [0.05, 0.1) is 0 Å². The summed E-state index contributed by atoms with van der Waals surface area (Å²) in [6.07, 6.45) is 6.28. The van der Waals surface area contributed by atoms with Crippen LogP contribution in [0.15, 0.2) is 19.0 Å². The summed E-state index contributed by atoms with van der Waals surface area (Å²) in [5.41, 5.74) is 0. The van der Waals surface area contributed by atoms with Gasteiger partial charge in [-0.1, -0.05) is 20.4 Å². The predicted octanol–water partition coefficient (Wildman–Crippen LogP) is 2.48. The first-order chi connectivity index (χ1) is 5.88. The van der Waals surface area contributed by atoms with E-state index in [1.54, 1.807) is 12.4 Å². The number of aryl methyl sites for hydroxylation is 1. The molecule has 0 aromatic carbocycles. The normalized spacial score (nSPS) is 8.58. The van der Waals surface area contributed by atoms with Gasteiger partial charge < -0.3 is 4.57 Å². The van der Waals surface area contributed by atoms with Crippen molar-refractivity contribution in [3.63, 3.8) is 0 Å². The maximum Gasteiger partial charge on any atom is 0.113 e. The van der Waals surface area contributed by atoms with Crippen LogP contribution in [0.5, 0.6) is 0 Å².